The maximum atomic E-state index is 13.4. The normalized spacial score (nSPS) is 16.2. The van der Waals surface area contributed by atoms with Gasteiger partial charge in [0.25, 0.3) is 5.56 Å². The summed E-state index contributed by atoms with van der Waals surface area (Å²) in [7, 11) is 1.31. The van der Waals surface area contributed by atoms with Gasteiger partial charge in [0.15, 0.2) is 4.80 Å². The van der Waals surface area contributed by atoms with Gasteiger partial charge in [0, 0.05) is 10.0 Å². The number of carbonyl (C=O) groups excluding carboxylic acids is 1. The van der Waals surface area contributed by atoms with E-state index in [-0.39, 0.29) is 11.3 Å². The zero-order valence-corrected chi connectivity index (χ0v) is 18.5. The number of nitrogens with zero attached hydrogens (tertiary/aromatic N) is 2. The lowest BCUT2D eigenvalue weighted by atomic mass is 9.96. The molecular formula is C22H17BrN2O4S. The third kappa shape index (κ3) is 3.53. The van der Waals surface area contributed by atoms with Gasteiger partial charge in [0.1, 0.15) is 5.75 Å². The minimum absolute atomic E-state index is 0.0649. The molecule has 0 amide bonds. The molecule has 3 aromatic rings. The quantitative estimate of drug-likeness (QED) is 0.579. The maximum Gasteiger partial charge on any atom is 0.338 e. The number of methoxy groups -OCH3 is 1. The summed E-state index contributed by atoms with van der Waals surface area (Å²) in [6.45, 7) is 1.74. The Kier molecular flexibility index (Phi) is 5.44. The number of phenolic OH excluding ortho intramolecular Hbond substituents is 1. The second-order valence-corrected chi connectivity index (χ2v) is 8.61. The van der Waals surface area contributed by atoms with Gasteiger partial charge in [-0.05, 0) is 36.8 Å². The van der Waals surface area contributed by atoms with Gasteiger partial charge in [-0.1, -0.05) is 57.6 Å². The monoisotopic (exact) mass is 484 g/mol. The number of fused-ring (bicyclic) bond motifs is 1. The van der Waals surface area contributed by atoms with Crippen LogP contribution in [-0.4, -0.2) is 22.8 Å². The summed E-state index contributed by atoms with van der Waals surface area (Å²) < 4.78 is 7.68. The summed E-state index contributed by atoms with van der Waals surface area (Å²) in [6.07, 6.45) is 1.63. The highest BCUT2D eigenvalue weighted by atomic mass is 79.9. The zero-order chi connectivity index (χ0) is 21.4. The Morgan fingerprint density at radius 3 is 2.70 bits per heavy atom. The number of rotatable bonds is 3. The standard InChI is InChI=1S/C22H17BrN2O4S/c1-12-18(21(28)29-2)19(13-6-4-3-5-7-13)25-20(27)17(30-22(25)24-12)11-14-10-15(23)8-9-16(14)26/h3-11,19,26H,1-2H3/b17-11+/t19-/m1/s1. The Morgan fingerprint density at radius 2 is 2.00 bits per heavy atom. The summed E-state index contributed by atoms with van der Waals surface area (Å²) in [5, 5.41) is 10.2. The number of ether oxygens (including phenoxy) is 1. The van der Waals surface area contributed by atoms with Gasteiger partial charge < -0.3 is 9.84 Å². The van der Waals surface area contributed by atoms with Gasteiger partial charge in [-0.3, -0.25) is 9.36 Å². The summed E-state index contributed by atoms with van der Waals surface area (Å²) in [5.74, 6) is -0.459. The Balaban J connectivity index is 2.00. The average Bonchev–Trinajstić information content (AvgIpc) is 3.04. The first kappa shape index (κ1) is 20.3. The highest BCUT2D eigenvalue weighted by Crippen LogP contribution is 2.30. The van der Waals surface area contributed by atoms with Gasteiger partial charge in [-0.15, -0.1) is 0 Å². The molecule has 0 aliphatic carbocycles. The van der Waals surface area contributed by atoms with Crippen LogP contribution in [0.5, 0.6) is 5.75 Å². The van der Waals surface area contributed by atoms with Crippen LogP contribution in [0.2, 0.25) is 0 Å². The van der Waals surface area contributed by atoms with E-state index < -0.39 is 12.0 Å². The number of halogens is 1. The maximum absolute atomic E-state index is 13.4. The van der Waals surface area contributed by atoms with Crippen molar-refractivity contribution in [3.05, 3.63) is 95.1 Å². The number of allylic oxidation sites excluding steroid dienone is 1. The van der Waals surface area contributed by atoms with Crippen LogP contribution >= 0.6 is 27.3 Å². The first-order valence-electron chi connectivity index (χ1n) is 9.05. The van der Waals surface area contributed by atoms with Gasteiger partial charge in [0.05, 0.1) is 29.0 Å². The Morgan fingerprint density at radius 1 is 1.27 bits per heavy atom. The Bertz CT molecular complexity index is 1360. The number of esters is 1. The lowest BCUT2D eigenvalue weighted by molar-refractivity contribution is -0.136. The van der Waals surface area contributed by atoms with Crippen LogP contribution in [0.4, 0.5) is 0 Å². The molecule has 1 aliphatic rings. The third-order valence-electron chi connectivity index (χ3n) is 4.82. The number of aromatic nitrogens is 1. The molecule has 30 heavy (non-hydrogen) atoms. The molecule has 0 radical (unpaired) electrons. The summed E-state index contributed by atoms with van der Waals surface area (Å²) in [5.41, 5.74) is 1.84. The second-order valence-electron chi connectivity index (χ2n) is 6.69. The fourth-order valence-electron chi connectivity index (χ4n) is 3.43. The summed E-state index contributed by atoms with van der Waals surface area (Å²) in [6, 6.07) is 13.7. The van der Waals surface area contributed by atoms with Gasteiger partial charge in [0.2, 0.25) is 0 Å². The Labute approximate surface area is 184 Å². The van der Waals surface area contributed by atoms with Crippen molar-refractivity contribution < 1.29 is 14.6 Å². The van der Waals surface area contributed by atoms with Crippen molar-refractivity contribution in [3.63, 3.8) is 0 Å². The van der Waals surface area contributed by atoms with Gasteiger partial charge in [-0.2, -0.15) is 0 Å². The molecule has 1 atom stereocenters. The molecule has 4 rings (SSSR count). The molecule has 152 valence electrons. The summed E-state index contributed by atoms with van der Waals surface area (Å²) >= 11 is 4.59. The van der Waals surface area contributed by atoms with E-state index in [2.05, 4.69) is 20.9 Å². The largest absolute Gasteiger partial charge is 0.507 e. The topological polar surface area (TPSA) is 80.9 Å². The Hall–Kier alpha value is -2.97. The number of thiazole rings is 1. The molecule has 2 heterocycles. The van der Waals surface area contributed by atoms with Crippen molar-refractivity contribution in [1.29, 1.82) is 0 Å². The first-order chi connectivity index (χ1) is 14.4. The van der Waals surface area contributed by atoms with Crippen molar-refractivity contribution in [2.45, 2.75) is 13.0 Å². The van der Waals surface area contributed by atoms with Crippen LogP contribution in [0, 0.1) is 0 Å². The molecule has 0 saturated heterocycles. The highest BCUT2D eigenvalue weighted by Gasteiger charge is 2.32. The minimum Gasteiger partial charge on any atom is -0.507 e. The molecule has 6 nitrogen and oxygen atoms in total. The van der Waals surface area contributed by atoms with Crippen molar-refractivity contribution in [1.82, 2.24) is 4.57 Å². The molecule has 0 unspecified atom stereocenters. The van der Waals surface area contributed by atoms with Crippen LogP contribution in [-0.2, 0) is 9.53 Å². The number of phenols is 1. The third-order valence-corrected chi connectivity index (χ3v) is 6.29. The van der Waals surface area contributed by atoms with Crippen LogP contribution in [0.25, 0.3) is 6.08 Å². The molecule has 0 spiro atoms. The van der Waals surface area contributed by atoms with Crippen LogP contribution in [0.15, 0.2) is 74.1 Å². The summed E-state index contributed by atoms with van der Waals surface area (Å²) in [4.78, 5) is 30.9. The van der Waals surface area contributed by atoms with E-state index in [1.807, 2.05) is 30.3 Å². The molecule has 8 heteroatoms. The van der Waals surface area contributed by atoms with Gasteiger partial charge in [-0.25, -0.2) is 9.79 Å². The molecule has 1 aliphatic heterocycles. The average molecular weight is 485 g/mol. The number of hydrogen-bond acceptors (Lipinski definition) is 6. The van der Waals surface area contributed by atoms with E-state index in [9.17, 15) is 14.7 Å². The lowest BCUT2D eigenvalue weighted by Crippen LogP contribution is -2.39. The van der Waals surface area contributed by atoms with Crippen molar-refractivity contribution >= 4 is 39.3 Å². The molecule has 0 saturated carbocycles. The molecule has 1 N–H and O–H groups in total. The molecule has 2 aromatic carbocycles. The molecule has 1 aromatic heterocycles. The fraction of sp³-hybridized carbons (Fsp3) is 0.136. The molecule has 0 fully saturated rings. The van der Waals surface area contributed by atoms with E-state index in [0.29, 0.717) is 26.2 Å². The minimum atomic E-state index is -0.645. The lowest BCUT2D eigenvalue weighted by Gasteiger charge is -2.24. The van der Waals surface area contributed by atoms with Crippen LogP contribution in [0.1, 0.15) is 24.1 Å². The number of hydrogen-bond donors (Lipinski definition) is 1. The van der Waals surface area contributed by atoms with E-state index in [0.717, 1.165) is 10.0 Å². The van der Waals surface area contributed by atoms with Crippen molar-refractivity contribution in [2.24, 2.45) is 4.99 Å². The highest BCUT2D eigenvalue weighted by molar-refractivity contribution is 9.10. The number of carbonyl (C=O) groups is 1. The predicted molar refractivity (Wildman–Crippen MR) is 118 cm³/mol. The van der Waals surface area contributed by atoms with Gasteiger partial charge >= 0.3 is 5.97 Å². The predicted octanol–water partition coefficient (Wildman–Crippen LogP) is 2.88. The molecule has 0 bridgehead atoms. The van der Waals surface area contributed by atoms with E-state index in [4.69, 9.17) is 4.74 Å². The smallest absolute Gasteiger partial charge is 0.338 e. The van der Waals surface area contributed by atoms with Crippen LogP contribution < -0.4 is 14.9 Å². The van der Waals surface area contributed by atoms with E-state index >= 15 is 0 Å². The van der Waals surface area contributed by atoms with E-state index in [1.54, 1.807) is 31.2 Å². The zero-order valence-electron chi connectivity index (χ0n) is 16.1. The van der Waals surface area contributed by atoms with Crippen molar-refractivity contribution in [3.8, 4) is 5.75 Å². The second kappa shape index (κ2) is 8.04. The van der Waals surface area contributed by atoms with Crippen molar-refractivity contribution in [2.75, 3.05) is 7.11 Å². The number of aromatic hydroxyl groups is 1. The van der Waals surface area contributed by atoms with E-state index in [1.165, 1.54) is 23.0 Å². The first-order valence-corrected chi connectivity index (χ1v) is 10.7. The molecular weight excluding hydrogens is 468 g/mol. The fourth-order valence-corrected chi connectivity index (χ4v) is 4.84. The SMILES string of the molecule is COC(=O)C1=C(C)N=c2s/c(=C/c3cc(Br)ccc3O)c(=O)n2[C@@H]1c1ccccc1. The van der Waals surface area contributed by atoms with Crippen LogP contribution in [0.3, 0.4) is 0 Å². The number of benzene rings is 2.